The van der Waals surface area contributed by atoms with Crippen molar-refractivity contribution in [1.82, 2.24) is 0 Å². The highest BCUT2D eigenvalue weighted by Crippen LogP contribution is 2.37. The molecule has 0 amide bonds. The molecule has 0 aliphatic rings. The van der Waals surface area contributed by atoms with Gasteiger partial charge in [0.1, 0.15) is 17.6 Å². The molecule has 0 bridgehead atoms. The van der Waals surface area contributed by atoms with Crippen LogP contribution in [0.25, 0.3) is 0 Å². The van der Waals surface area contributed by atoms with Gasteiger partial charge in [-0.25, -0.2) is 4.39 Å². The third kappa shape index (κ3) is 2.85. The number of hydrogen-bond acceptors (Lipinski definition) is 4. The first-order valence-electron chi connectivity index (χ1n) is 5.82. The summed E-state index contributed by atoms with van der Waals surface area (Å²) in [5.41, 5.74) is 0.629. The van der Waals surface area contributed by atoms with Crippen molar-refractivity contribution in [3.63, 3.8) is 0 Å². The average Bonchev–Trinajstić information content (AvgIpc) is 2.48. The van der Waals surface area contributed by atoms with Crippen LogP contribution in [0.2, 0.25) is 0 Å². The molecule has 21 heavy (non-hydrogen) atoms. The monoisotopic (exact) mass is 349 g/mol. The predicted molar refractivity (Wildman–Crippen MR) is 80.0 cm³/mol. The molecule has 0 fully saturated rings. The van der Waals surface area contributed by atoms with Gasteiger partial charge in [0.2, 0.25) is 0 Å². The van der Waals surface area contributed by atoms with Gasteiger partial charge in [-0.2, -0.15) is 5.26 Å². The Bertz CT molecular complexity index is 758. The zero-order valence-corrected chi connectivity index (χ0v) is 12.5. The van der Waals surface area contributed by atoms with Gasteiger partial charge in [0, 0.05) is 19.2 Å². The van der Waals surface area contributed by atoms with Crippen LogP contribution >= 0.6 is 15.9 Å². The molecule has 7 heteroatoms. The third-order valence-corrected chi connectivity index (χ3v) is 3.57. The number of rotatable bonds is 3. The van der Waals surface area contributed by atoms with Crippen LogP contribution in [0.15, 0.2) is 40.9 Å². The zero-order chi connectivity index (χ0) is 15.6. The van der Waals surface area contributed by atoms with Crippen LogP contribution in [0.1, 0.15) is 5.56 Å². The molecule has 0 spiro atoms. The lowest BCUT2D eigenvalue weighted by molar-refractivity contribution is -0.384. The van der Waals surface area contributed by atoms with E-state index in [2.05, 4.69) is 15.9 Å². The second-order valence-electron chi connectivity index (χ2n) is 4.20. The molecule has 0 saturated carbocycles. The second-order valence-corrected chi connectivity index (χ2v) is 5.05. The second kappa shape index (κ2) is 5.89. The molecule has 0 N–H and O–H groups in total. The van der Waals surface area contributed by atoms with Crippen molar-refractivity contribution in [3.8, 4) is 6.07 Å². The molecule has 2 aromatic rings. The zero-order valence-electron chi connectivity index (χ0n) is 10.9. The van der Waals surface area contributed by atoms with Crippen LogP contribution in [0.3, 0.4) is 0 Å². The lowest BCUT2D eigenvalue weighted by Crippen LogP contribution is -2.13. The van der Waals surface area contributed by atoms with Gasteiger partial charge in [-0.3, -0.25) is 10.1 Å². The Balaban J connectivity index is 2.63. The SMILES string of the molecule is CN(c1ccccc1C#N)c1cc(F)c(Br)cc1[N+](=O)[O-]. The first kappa shape index (κ1) is 14.9. The Hall–Kier alpha value is -2.46. The van der Waals surface area contributed by atoms with Crippen LogP contribution in [-0.2, 0) is 0 Å². The van der Waals surface area contributed by atoms with Gasteiger partial charge in [-0.1, -0.05) is 12.1 Å². The fourth-order valence-electron chi connectivity index (χ4n) is 1.93. The number of nitro benzene ring substituents is 1. The van der Waals surface area contributed by atoms with Crippen LogP contribution in [0.4, 0.5) is 21.5 Å². The number of halogens is 2. The van der Waals surface area contributed by atoms with E-state index in [9.17, 15) is 14.5 Å². The van der Waals surface area contributed by atoms with Gasteiger partial charge >= 0.3 is 0 Å². The standard InChI is InChI=1S/C14H9BrFN3O2/c1-18(12-5-3-2-4-9(12)8-17)13-7-11(16)10(15)6-14(13)19(20)21/h2-7H,1H3. The van der Waals surface area contributed by atoms with Crippen molar-refractivity contribution >= 4 is 33.0 Å². The topological polar surface area (TPSA) is 70.2 Å². The van der Waals surface area contributed by atoms with Gasteiger partial charge in [-0.05, 0) is 28.1 Å². The summed E-state index contributed by atoms with van der Waals surface area (Å²) in [6.07, 6.45) is 0. The van der Waals surface area contributed by atoms with E-state index in [1.54, 1.807) is 31.3 Å². The highest BCUT2D eigenvalue weighted by atomic mass is 79.9. The maximum Gasteiger partial charge on any atom is 0.294 e. The molecule has 0 atom stereocenters. The van der Waals surface area contributed by atoms with Crippen molar-refractivity contribution in [2.45, 2.75) is 0 Å². The van der Waals surface area contributed by atoms with E-state index in [1.165, 1.54) is 4.90 Å². The fourth-order valence-corrected chi connectivity index (χ4v) is 2.26. The van der Waals surface area contributed by atoms with E-state index >= 15 is 0 Å². The molecule has 0 heterocycles. The van der Waals surface area contributed by atoms with E-state index < -0.39 is 10.7 Å². The Kier molecular flexibility index (Phi) is 4.19. The van der Waals surface area contributed by atoms with Gasteiger partial charge in [0.05, 0.1) is 20.6 Å². The molecular weight excluding hydrogens is 341 g/mol. The van der Waals surface area contributed by atoms with Crippen LogP contribution in [-0.4, -0.2) is 12.0 Å². The molecule has 0 aliphatic heterocycles. The van der Waals surface area contributed by atoms with Crippen molar-refractivity contribution in [2.75, 3.05) is 11.9 Å². The largest absolute Gasteiger partial charge is 0.338 e. The molecule has 0 unspecified atom stereocenters. The Labute approximate surface area is 128 Å². The summed E-state index contributed by atoms with van der Waals surface area (Å²) >= 11 is 2.93. The van der Waals surface area contributed by atoms with Crippen molar-refractivity contribution in [3.05, 3.63) is 62.4 Å². The molecule has 0 aliphatic carbocycles. The Morgan fingerprint density at radius 2 is 2.00 bits per heavy atom. The van der Waals surface area contributed by atoms with Gasteiger partial charge < -0.3 is 4.90 Å². The van der Waals surface area contributed by atoms with E-state index in [4.69, 9.17) is 5.26 Å². The fraction of sp³-hybridized carbons (Fsp3) is 0.0714. The number of nitro groups is 1. The predicted octanol–water partition coefficient (Wildman–Crippen LogP) is 4.14. The average molecular weight is 350 g/mol. The van der Waals surface area contributed by atoms with E-state index in [1.807, 2.05) is 6.07 Å². The third-order valence-electron chi connectivity index (χ3n) is 2.96. The number of anilines is 2. The van der Waals surface area contributed by atoms with Gasteiger partial charge in [0.15, 0.2) is 0 Å². The first-order valence-corrected chi connectivity index (χ1v) is 6.61. The Morgan fingerprint density at radius 1 is 1.33 bits per heavy atom. The number of para-hydroxylation sites is 1. The lowest BCUT2D eigenvalue weighted by atomic mass is 10.1. The summed E-state index contributed by atoms with van der Waals surface area (Å²) in [7, 11) is 1.55. The maximum atomic E-state index is 13.7. The van der Waals surface area contributed by atoms with E-state index in [-0.39, 0.29) is 15.8 Å². The summed E-state index contributed by atoms with van der Waals surface area (Å²) in [5, 5.41) is 20.2. The summed E-state index contributed by atoms with van der Waals surface area (Å²) in [4.78, 5) is 12.0. The van der Waals surface area contributed by atoms with Crippen molar-refractivity contribution < 1.29 is 9.31 Å². The molecule has 0 radical (unpaired) electrons. The quantitative estimate of drug-likeness (QED) is 0.616. The number of benzene rings is 2. The molecule has 2 rings (SSSR count). The van der Waals surface area contributed by atoms with Gasteiger partial charge in [-0.15, -0.1) is 0 Å². The van der Waals surface area contributed by atoms with Crippen molar-refractivity contribution in [1.29, 1.82) is 5.26 Å². The minimum Gasteiger partial charge on any atom is -0.338 e. The van der Waals surface area contributed by atoms with Gasteiger partial charge in [0.25, 0.3) is 5.69 Å². The minimum atomic E-state index is -0.614. The minimum absolute atomic E-state index is 0.0138. The normalized spacial score (nSPS) is 10.0. The summed E-state index contributed by atoms with van der Waals surface area (Å²) in [6.45, 7) is 0. The lowest BCUT2D eigenvalue weighted by Gasteiger charge is -2.20. The molecule has 0 saturated heterocycles. The molecule has 0 aromatic heterocycles. The number of hydrogen-bond donors (Lipinski definition) is 0. The van der Waals surface area contributed by atoms with Crippen LogP contribution in [0, 0.1) is 27.3 Å². The molecule has 5 nitrogen and oxygen atoms in total. The first-order chi connectivity index (χ1) is 9.95. The van der Waals surface area contributed by atoms with E-state index in [0.29, 0.717) is 11.3 Å². The highest BCUT2D eigenvalue weighted by molar-refractivity contribution is 9.10. The van der Waals surface area contributed by atoms with E-state index in [0.717, 1.165) is 12.1 Å². The summed E-state index contributed by atoms with van der Waals surface area (Å²) < 4.78 is 13.7. The molecule has 2 aromatic carbocycles. The smallest absolute Gasteiger partial charge is 0.294 e. The summed E-state index contributed by atoms with van der Waals surface area (Å²) in [5.74, 6) is -0.614. The molecule has 106 valence electrons. The van der Waals surface area contributed by atoms with Crippen LogP contribution < -0.4 is 4.90 Å². The molecular formula is C14H9BrFN3O2. The number of nitrogens with zero attached hydrogens (tertiary/aromatic N) is 3. The highest BCUT2D eigenvalue weighted by Gasteiger charge is 2.22. The van der Waals surface area contributed by atoms with Crippen LogP contribution in [0.5, 0.6) is 0 Å². The Morgan fingerprint density at radius 3 is 2.62 bits per heavy atom. The van der Waals surface area contributed by atoms with Crippen molar-refractivity contribution in [2.24, 2.45) is 0 Å². The maximum absolute atomic E-state index is 13.7. The number of nitriles is 1. The summed E-state index contributed by atoms with van der Waals surface area (Å²) in [6, 6.07) is 10.8.